The van der Waals surface area contributed by atoms with Crippen molar-refractivity contribution < 1.29 is 14.0 Å². The van der Waals surface area contributed by atoms with Crippen molar-refractivity contribution in [2.75, 3.05) is 29.0 Å². The second-order valence-corrected chi connectivity index (χ2v) is 8.95. The number of rotatable bonds is 7. The molecule has 0 unspecified atom stereocenters. The van der Waals surface area contributed by atoms with E-state index in [1.54, 1.807) is 18.5 Å². The predicted octanol–water partition coefficient (Wildman–Crippen LogP) is 3.10. The fourth-order valence-electron chi connectivity index (χ4n) is 4.45. The molecule has 7 N–H and O–H groups in total. The number of aromatic nitrogens is 2. The maximum absolute atomic E-state index is 15.2. The molecule has 3 aromatic rings. The molecule has 1 saturated heterocycles. The van der Waals surface area contributed by atoms with Crippen LogP contribution in [-0.4, -0.2) is 40.9 Å². The molecule has 36 heavy (non-hydrogen) atoms. The summed E-state index contributed by atoms with van der Waals surface area (Å²) < 4.78 is 15.2. The molecule has 1 aliphatic rings. The van der Waals surface area contributed by atoms with Crippen LogP contribution in [0.1, 0.15) is 52.6 Å². The molecule has 10 heteroatoms. The highest BCUT2D eigenvalue weighted by Gasteiger charge is 2.23. The number of halogens is 1. The minimum atomic E-state index is -0.873. The van der Waals surface area contributed by atoms with E-state index in [9.17, 15) is 9.59 Å². The summed E-state index contributed by atoms with van der Waals surface area (Å²) >= 11 is 0. The van der Waals surface area contributed by atoms with E-state index in [0.717, 1.165) is 37.1 Å². The van der Waals surface area contributed by atoms with E-state index in [-0.39, 0.29) is 34.2 Å². The highest BCUT2D eigenvalue weighted by Crippen LogP contribution is 2.30. The number of nitrogens with one attached hydrogen (secondary N) is 1. The van der Waals surface area contributed by atoms with Crippen molar-refractivity contribution in [3.05, 3.63) is 65.4 Å². The first-order chi connectivity index (χ1) is 17.3. The highest BCUT2D eigenvalue weighted by atomic mass is 19.1. The molecule has 2 aromatic heterocycles. The molecule has 3 heterocycles. The van der Waals surface area contributed by atoms with Gasteiger partial charge in [0.05, 0.1) is 34.5 Å². The lowest BCUT2D eigenvalue weighted by Crippen LogP contribution is -2.43. The van der Waals surface area contributed by atoms with Crippen molar-refractivity contribution in [2.24, 2.45) is 11.5 Å². The van der Waals surface area contributed by atoms with Gasteiger partial charge in [0.25, 0.3) is 11.8 Å². The zero-order valence-corrected chi connectivity index (χ0v) is 20.1. The summed E-state index contributed by atoms with van der Waals surface area (Å²) in [6, 6.07) is 7.93. The van der Waals surface area contributed by atoms with Gasteiger partial charge in [-0.1, -0.05) is 13.3 Å². The molecular formula is C26H30FN7O2. The number of nitrogen functional groups attached to an aromatic ring is 1. The van der Waals surface area contributed by atoms with Crippen LogP contribution in [-0.2, 0) is 6.42 Å². The van der Waals surface area contributed by atoms with Gasteiger partial charge >= 0.3 is 0 Å². The Labute approximate surface area is 208 Å². The van der Waals surface area contributed by atoms with E-state index in [1.165, 1.54) is 18.2 Å². The summed E-state index contributed by atoms with van der Waals surface area (Å²) in [6.45, 7) is 3.45. The van der Waals surface area contributed by atoms with Gasteiger partial charge in [-0.25, -0.2) is 9.37 Å². The van der Waals surface area contributed by atoms with E-state index in [2.05, 4.69) is 20.2 Å². The lowest BCUT2D eigenvalue weighted by molar-refractivity contribution is 0.0993. The molecule has 188 valence electrons. The normalized spacial score (nSPS) is 15.5. The Morgan fingerprint density at radius 1 is 1.25 bits per heavy atom. The quantitative estimate of drug-likeness (QED) is 0.396. The molecule has 1 aromatic carbocycles. The van der Waals surface area contributed by atoms with Crippen molar-refractivity contribution >= 4 is 28.9 Å². The number of pyridine rings is 2. The highest BCUT2D eigenvalue weighted by molar-refractivity contribution is 6.08. The third-order valence-electron chi connectivity index (χ3n) is 6.20. The standard InChI is InChI=1S/C26H30FN7O2/c1-2-4-15-11-17(23(27)18(12-15)25(30)35)20-7-6-19(29)24(32-20)26(36)33-21-13-31-9-8-22(21)34-10-3-5-16(28)14-34/h6-9,11-13,16H,2-5,10,14,28-29H2,1H3,(H2,30,35)(H,33,36)/t16-/m0/s1. The molecule has 2 amide bonds. The van der Waals surface area contributed by atoms with Crippen LogP contribution in [0.15, 0.2) is 42.7 Å². The van der Waals surface area contributed by atoms with Crippen molar-refractivity contribution in [3.63, 3.8) is 0 Å². The van der Waals surface area contributed by atoms with Crippen LogP contribution >= 0.6 is 0 Å². The molecular weight excluding hydrogens is 461 g/mol. The Balaban J connectivity index is 1.68. The molecule has 0 aliphatic carbocycles. The van der Waals surface area contributed by atoms with Gasteiger partial charge in [0.15, 0.2) is 5.69 Å². The summed E-state index contributed by atoms with van der Waals surface area (Å²) in [6.07, 6.45) is 6.52. The fraction of sp³-hybridized carbons (Fsp3) is 0.308. The monoisotopic (exact) mass is 491 g/mol. The minimum absolute atomic E-state index is 0.0492. The Kier molecular flexibility index (Phi) is 7.44. The molecule has 9 nitrogen and oxygen atoms in total. The van der Waals surface area contributed by atoms with E-state index >= 15 is 4.39 Å². The maximum atomic E-state index is 15.2. The number of nitrogens with two attached hydrogens (primary N) is 3. The largest absolute Gasteiger partial charge is 0.397 e. The van der Waals surface area contributed by atoms with Crippen molar-refractivity contribution in [3.8, 4) is 11.3 Å². The van der Waals surface area contributed by atoms with Crippen LogP contribution in [0.2, 0.25) is 0 Å². The summed E-state index contributed by atoms with van der Waals surface area (Å²) in [5, 5.41) is 2.84. The molecule has 1 atom stereocenters. The second kappa shape index (κ2) is 10.7. The number of hydrogen-bond acceptors (Lipinski definition) is 7. The van der Waals surface area contributed by atoms with Gasteiger partial charge in [-0.15, -0.1) is 0 Å². The summed E-state index contributed by atoms with van der Waals surface area (Å²) in [5.41, 5.74) is 19.7. The first kappa shape index (κ1) is 25.1. The Bertz CT molecular complexity index is 1300. The molecule has 0 radical (unpaired) electrons. The first-order valence-corrected chi connectivity index (χ1v) is 11.9. The third-order valence-corrected chi connectivity index (χ3v) is 6.20. The Morgan fingerprint density at radius 3 is 2.78 bits per heavy atom. The topological polar surface area (TPSA) is 153 Å². The van der Waals surface area contributed by atoms with Crippen LogP contribution in [0.3, 0.4) is 0 Å². The zero-order valence-electron chi connectivity index (χ0n) is 20.1. The second-order valence-electron chi connectivity index (χ2n) is 8.95. The van der Waals surface area contributed by atoms with Gasteiger partial charge in [-0.2, -0.15) is 0 Å². The number of hydrogen-bond donors (Lipinski definition) is 4. The van der Waals surface area contributed by atoms with Crippen molar-refractivity contribution in [2.45, 2.75) is 38.6 Å². The summed E-state index contributed by atoms with van der Waals surface area (Å²) in [7, 11) is 0. The smallest absolute Gasteiger partial charge is 0.276 e. The van der Waals surface area contributed by atoms with Gasteiger partial charge in [-0.05, 0) is 55.2 Å². The molecule has 4 rings (SSSR count). The van der Waals surface area contributed by atoms with Crippen LogP contribution in [0.4, 0.5) is 21.5 Å². The number of primary amides is 1. The predicted molar refractivity (Wildman–Crippen MR) is 138 cm³/mol. The summed E-state index contributed by atoms with van der Waals surface area (Å²) in [4.78, 5) is 35.7. The number of aryl methyl sites for hydroxylation is 1. The van der Waals surface area contributed by atoms with E-state index in [0.29, 0.717) is 18.7 Å². The van der Waals surface area contributed by atoms with Gasteiger partial charge in [0, 0.05) is 30.9 Å². The minimum Gasteiger partial charge on any atom is -0.397 e. The fourth-order valence-corrected chi connectivity index (χ4v) is 4.45. The molecule has 0 spiro atoms. The van der Waals surface area contributed by atoms with Crippen LogP contribution in [0, 0.1) is 5.82 Å². The number of amides is 2. The van der Waals surface area contributed by atoms with Gasteiger partial charge in [0.1, 0.15) is 5.82 Å². The SMILES string of the molecule is CCCc1cc(C(N)=O)c(F)c(-c2ccc(N)c(C(=O)Nc3cnccc3N3CCC[C@H](N)C3)n2)c1. The average molecular weight is 492 g/mol. The molecule has 0 bridgehead atoms. The van der Waals surface area contributed by atoms with E-state index in [4.69, 9.17) is 17.2 Å². The van der Waals surface area contributed by atoms with Crippen LogP contribution in [0.5, 0.6) is 0 Å². The number of nitrogens with zero attached hydrogens (tertiary/aromatic N) is 3. The van der Waals surface area contributed by atoms with Crippen molar-refractivity contribution in [1.29, 1.82) is 0 Å². The molecule has 1 fully saturated rings. The van der Waals surface area contributed by atoms with E-state index < -0.39 is 17.6 Å². The Hall–Kier alpha value is -4.05. The van der Waals surface area contributed by atoms with Crippen LogP contribution < -0.4 is 27.4 Å². The maximum Gasteiger partial charge on any atom is 0.276 e. The summed E-state index contributed by atoms with van der Waals surface area (Å²) in [5.74, 6) is -2.23. The van der Waals surface area contributed by atoms with Gasteiger partial charge in [-0.3, -0.25) is 14.6 Å². The number of carbonyl (C=O) groups excluding carboxylic acids is 2. The van der Waals surface area contributed by atoms with Crippen LogP contribution in [0.25, 0.3) is 11.3 Å². The number of anilines is 3. The number of carbonyl (C=O) groups is 2. The van der Waals surface area contributed by atoms with Gasteiger partial charge in [0.2, 0.25) is 0 Å². The van der Waals surface area contributed by atoms with Crippen molar-refractivity contribution in [1.82, 2.24) is 9.97 Å². The average Bonchev–Trinajstić information content (AvgIpc) is 2.85. The number of piperidine rings is 1. The lowest BCUT2D eigenvalue weighted by Gasteiger charge is -2.33. The molecule has 0 saturated carbocycles. The van der Waals surface area contributed by atoms with E-state index in [1.807, 2.05) is 13.0 Å². The zero-order chi connectivity index (χ0) is 25.8. The molecule has 1 aliphatic heterocycles. The Morgan fingerprint density at radius 2 is 2.06 bits per heavy atom. The lowest BCUT2D eigenvalue weighted by atomic mass is 9.98. The first-order valence-electron chi connectivity index (χ1n) is 11.9. The third kappa shape index (κ3) is 5.28. The number of benzene rings is 1. The van der Waals surface area contributed by atoms with Gasteiger partial charge < -0.3 is 27.4 Å².